The molecular weight excluding hydrogens is 230 g/mol. The van der Waals surface area contributed by atoms with E-state index in [0.29, 0.717) is 31.8 Å². The first kappa shape index (κ1) is 14.1. The van der Waals surface area contributed by atoms with Crippen molar-refractivity contribution < 1.29 is 9.53 Å². The van der Waals surface area contributed by atoms with Gasteiger partial charge < -0.3 is 15.0 Å². The van der Waals surface area contributed by atoms with Crippen molar-refractivity contribution in [2.24, 2.45) is 0 Å². The number of aromatic nitrogens is 2. The maximum Gasteiger partial charge on any atom is 0.360 e. The quantitative estimate of drug-likeness (QED) is 0.636. The number of nitrogens with zero attached hydrogens (tertiary/aromatic N) is 2. The SMILES string of the molecule is CC#CCCn1c(CC)nc(C(=O)OCC)c1N. The number of carbonyl (C=O) groups is 1. The molecule has 1 aromatic rings. The van der Waals surface area contributed by atoms with Crippen LogP contribution in [0.15, 0.2) is 0 Å². The van der Waals surface area contributed by atoms with E-state index in [2.05, 4.69) is 16.8 Å². The first-order valence-corrected chi connectivity index (χ1v) is 6.07. The van der Waals surface area contributed by atoms with Gasteiger partial charge in [0.05, 0.1) is 6.61 Å². The number of nitrogen functional groups attached to an aromatic ring is 1. The summed E-state index contributed by atoms with van der Waals surface area (Å²) in [6.07, 6.45) is 1.40. The Morgan fingerprint density at radius 1 is 1.50 bits per heavy atom. The molecule has 18 heavy (non-hydrogen) atoms. The Hall–Kier alpha value is -1.96. The number of anilines is 1. The molecule has 0 unspecified atom stereocenters. The fraction of sp³-hybridized carbons (Fsp3) is 0.538. The smallest absolute Gasteiger partial charge is 0.360 e. The van der Waals surface area contributed by atoms with Crippen LogP contribution in [0.1, 0.15) is 43.5 Å². The van der Waals surface area contributed by atoms with Gasteiger partial charge in [-0.25, -0.2) is 9.78 Å². The third-order valence-corrected chi connectivity index (χ3v) is 2.51. The minimum Gasteiger partial charge on any atom is -0.461 e. The number of aryl methyl sites for hydroxylation is 1. The van der Waals surface area contributed by atoms with Crippen molar-refractivity contribution in [3.8, 4) is 11.8 Å². The average molecular weight is 249 g/mol. The van der Waals surface area contributed by atoms with Gasteiger partial charge in [0.25, 0.3) is 0 Å². The molecule has 0 amide bonds. The normalized spacial score (nSPS) is 9.72. The van der Waals surface area contributed by atoms with E-state index in [1.54, 1.807) is 13.8 Å². The Balaban J connectivity index is 3.00. The summed E-state index contributed by atoms with van der Waals surface area (Å²) in [4.78, 5) is 15.9. The molecule has 5 nitrogen and oxygen atoms in total. The van der Waals surface area contributed by atoms with Crippen LogP contribution in [-0.4, -0.2) is 22.1 Å². The second-order valence-corrected chi connectivity index (χ2v) is 3.66. The predicted molar refractivity (Wildman–Crippen MR) is 70.0 cm³/mol. The zero-order valence-electron chi connectivity index (χ0n) is 11.1. The average Bonchev–Trinajstić information content (AvgIpc) is 2.67. The van der Waals surface area contributed by atoms with E-state index in [0.717, 1.165) is 5.82 Å². The topological polar surface area (TPSA) is 70.1 Å². The summed E-state index contributed by atoms with van der Waals surface area (Å²) >= 11 is 0. The molecule has 0 aliphatic rings. The maximum absolute atomic E-state index is 11.7. The van der Waals surface area contributed by atoms with Crippen molar-refractivity contribution in [1.82, 2.24) is 9.55 Å². The predicted octanol–water partition coefficient (Wildman–Crippen LogP) is 1.62. The summed E-state index contributed by atoms with van der Waals surface area (Å²) < 4.78 is 6.75. The first-order chi connectivity index (χ1) is 8.65. The molecular formula is C13H19N3O2. The lowest BCUT2D eigenvalue weighted by Crippen LogP contribution is -2.10. The van der Waals surface area contributed by atoms with Crippen molar-refractivity contribution in [1.29, 1.82) is 0 Å². The molecule has 1 rings (SSSR count). The zero-order valence-corrected chi connectivity index (χ0v) is 11.1. The number of carbonyl (C=O) groups excluding carboxylic acids is 1. The molecule has 0 bridgehead atoms. The molecule has 0 radical (unpaired) electrons. The van der Waals surface area contributed by atoms with Gasteiger partial charge in [-0.1, -0.05) is 6.92 Å². The number of imidazole rings is 1. The second-order valence-electron chi connectivity index (χ2n) is 3.66. The van der Waals surface area contributed by atoms with Gasteiger partial charge in [0.1, 0.15) is 11.6 Å². The minimum atomic E-state index is -0.468. The van der Waals surface area contributed by atoms with Gasteiger partial charge in [0, 0.05) is 19.4 Å². The molecule has 0 atom stereocenters. The number of nitrogens with two attached hydrogens (primary N) is 1. The molecule has 0 spiro atoms. The van der Waals surface area contributed by atoms with Gasteiger partial charge in [0.15, 0.2) is 5.69 Å². The van der Waals surface area contributed by atoms with Gasteiger partial charge >= 0.3 is 5.97 Å². The van der Waals surface area contributed by atoms with Crippen LogP contribution in [0.4, 0.5) is 5.82 Å². The van der Waals surface area contributed by atoms with E-state index >= 15 is 0 Å². The molecule has 0 aromatic carbocycles. The summed E-state index contributed by atoms with van der Waals surface area (Å²) in [6.45, 7) is 6.47. The molecule has 5 heteroatoms. The lowest BCUT2D eigenvalue weighted by atomic mass is 10.3. The number of hydrogen-bond donors (Lipinski definition) is 1. The monoisotopic (exact) mass is 249 g/mol. The number of esters is 1. The van der Waals surface area contributed by atoms with E-state index in [-0.39, 0.29) is 5.69 Å². The first-order valence-electron chi connectivity index (χ1n) is 6.07. The Morgan fingerprint density at radius 3 is 2.78 bits per heavy atom. The van der Waals surface area contributed by atoms with E-state index in [1.807, 2.05) is 11.5 Å². The Kier molecular flexibility index (Phi) is 5.25. The molecule has 1 heterocycles. The van der Waals surface area contributed by atoms with Crippen LogP contribution in [-0.2, 0) is 17.7 Å². The van der Waals surface area contributed by atoms with Gasteiger partial charge in [0.2, 0.25) is 0 Å². The highest BCUT2D eigenvalue weighted by molar-refractivity contribution is 5.92. The summed E-state index contributed by atoms with van der Waals surface area (Å²) in [7, 11) is 0. The van der Waals surface area contributed by atoms with E-state index in [1.165, 1.54) is 0 Å². The molecule has 0 saturated carbocycles. The van der Waals surface area contributed by atoms with Gasteiger partial charge in [-0.15, -0.1) is 11.8 Å². The molecule has 0 fully saturated rings. The maximum atomic E-state index is 11.7. The Morgan fingerprint density at radius 2 is 2.22 bits per heavy atom. The van der Waals surface area contributed by atoms with Crippen molar-refractivity contribution in [3.63, 3.8) is 0 Å². The molecule has 0 saturated heterocycles. The highest BCUT2D eigenvalue weighted by atomic mass is 16.5. The van der Waals surface area contributed by atoms with Crippen LogP contribution < -0.4 is 5.73 Å². The fourth-order valence-corrected chi connectivity index (χ4v) is 1.68. The van der Waals surface area contributed by atoms with Crippen molar-refractivity contribution in [3.05, 3.63) is 11.5 Å². The molecule has 0 aliphatic carbocycles. The van der Waals surface area contributed by atoms with Crippen LogP contribution in [0, 0.1) is 11.8 Å². The van der Waals surface area contributed by atoms with Crippen LogP contribution in [0.2, 0.25) is 0 Å². The van der Waals surface area contributed by atoms with Crippen LogP contribution >= 0.6 is 0 Å². The van der Waals surface area contributed by atoms with Crippen molar-refractivity contribution in [2.75, 3.05) is 12.3 Å². The standard InChI is InChI=1S/C13H19N3O2/c1-4-7-8-9-16-10(5-2)15-11(12(16)14)13(17)18-6-3/h5-6,8-9,14H2,1-3H3. The summed E-state index contributed by atoms with van der Waals surface area (Å²) in [5.41, 5.74) is 6.15. The number of ether oxygens (including phenoxy) is 1. The third-order valence-electron chi connectivity index (χ3n) is 2.51. The highest BCUT2D eigenvalue weighted by Gasteiger charge is 2.20. The van der Waals surface area contributed by atoms with E-state index < -0.39 is 5.97 Å². The Bertz CT molecular complexity index is 480. The lowest BCUT2D eigenvalue weighted by Gasteiger charge is -2.06. The van der Waals surface area contributed by atoms with Crippen LogP contribution in [0.25, 0.3) is 0 Å². The van der Waals surface area contributed by atoms with E-state index in [9.17, 15) is 4.79 Å². The Labute approximate surface area is 107 Å². The summed E-state index contributed by atoms with van der Waals surface area (Å²) in [5.74, 6) is 6.48. The van der Waals surface area contributed by atoms with Gasteiger partial charge in [-0.05, 0) is 13.8 Å². The zero-order chi connectivity index (χ0) is 13.5. The molecule has 98 valence electrons. The summed E-state index contributed by atoms with van der Waals surface area (Å²) in [5, 5.41) is 0. The van der Waals surface area contributed by atoms with Crippen molar-refractivity contribution in [2.45, 2.75) is 40.2 Å². The third kappa shape index (κ3) is 3.04. The minimum absolute atomic E-state index is 0.207. The van der Waals surface area contributed by atoms with Crippen molar-refractivity contribution >= 4 is 11.8 Å². The fourth-order valence-electron chi connectivity index (χ4n) is 1.68. The molecule has 0 aliphatic heterocycles. The van der Waals surface area contributed by atoms with Crippen LogP contribution in [0.5, 0.6) is 0 Å². The van der Waals surface area contributed by atoms with Gasteiger partial charge in [-0.2, -0.15) is 0 Å². The molecule has 1 aromatic heterocycles. The highest BCUT2D eigenvalue weighted by Crippen LogP contribution is 2.16. The summed E-state index contributed by atoms with van der Waals surface area (Å²) in [6, 6.07) is 0. The van der Waals surface area contributed by atoms with Gasteiger partial charge in [-0.3, -0.25) is 0 Å². The second kappa shape index (κ2) is 6.70. The number of hydrogen-bond acceptors (Lipinski definition) is 4. The molecule has 2 N–H and O–H groups in total. The van der Waals surface area contributed by atoms with Crippen LogP contribution in [0.3, 0.4) is 0 Å². The largest absolute Gasteiger partial charge is 0.461 e. The number of rotatable bonds is 5. The van der Waals surface area contributed by atoms with E-state index in [4.69, 9.17) is 10.5 Å². The lowest BCUT2D eigenvalue weighted by molar-refractivity contribution is 0.0521.